The van der Waals surface area contributed by atoms with Gasteiger partial charge in [-0.1, -0.05) is 5.92 Å². The van der Waals surface area contributed by atoms with E-state index in [-0.39, 0.29) is 5.60 Å². The highest BCUT2D eigenvalue weighted by Crippen LogP contribution is 2.19. The van der Waals surface area contributed by atoms with Crippen molar-refractivity contribution >= 4 is 5.82 Å². The summed E-state index contributed by atoms with van der Waals surface area (Å²) in [6, 6.07) is 0. The normalized spacial score (nSPS) is 11.3. The van der Waals surface area contributed by atoms with Gasteiger partial charge in [0.15, 0.2) is 0 Å². The summed E-state index contributed by atoms with van der Waals surface area (Å²) in [7, 11) is 1.68. The molecule has 0 unspecified atom stereocenters. The number of terminal acetylenes is 1. The zero-order valence-electron chi connectivity index (χ0n) is 9.45. The zero-order chi connectivity index (χ0) is 11.5. The molecule has 0 amide bonds. The van der Waals surface area contributed by atoms with Gasteiger partial charge in [-0.2, -0.15) is 0 Å². The molecule has 0 aliphatic carbocycles. The highest BCUT2D eigenvalue weighted by Gasteiger charge is 2.20. The van der Waals surface area contributed by atoms with Gasteiger partial charge < -0.3 is 15.0 Å². The van der Waals surface area contributed by atoms with Crippen molar-refractivity contribution in [1.82, 2.24) is 9.55 Å². The van der Waals surface area contributed by atoms with Crippen LogP contribution in [0.15, 0.2) is 6.33 Å². The molecular formula is C11H17N3O. The van der Waals surface area contributed by atoms with Crippen molar-refractivity contribution in [3.8, 4) is 12.3 Å². The monoisotopic (exact) mass is 207 g/mol. The van der Waals surface area contributed by atoms with Crippen LogP contribution in [-0.4, -0.2) is 22.3 Å². The maximum absolute atomic E-state index is 5.90. The number of nitrogen functional groups attached to an aromatic ring is 1. The molecule has 2 N–H and O–H groups in total. The van der Waals surface area contributed by atoms with Crippen LogP contribution >= 0.6 is 0 Å². The van der Waals surface area contributed by atoms with Crippen LogP contribution in [0.4, 0.5) is 5.82 Å². The van der Waals surface area contributed by atoms with Crippen molar-refractivity contribution in [2.75, 3.05) is 12.8 Å². The molecule has 0 atom stereocenters. The molecule has 1 aromatic rings. The average molecular weight is 207 g/mol. The third-order valence-electron chi connectivity index (χ3n) is 2.37. The van der Waals surface area contributed by atoms with E-state index in [0.717, 1.165) is 5.69 Å². The van der Waals surface area contributed by atoms with Gasteiger partial charge in [0.25, 0.3) is 0 Å². The Bertz CT molecular complexity index is 374. The molecule has 0 radical (unpaired) electrons. The molecule has 0 aliphatic heterocycles. The first-order chi connectivity index (χ1) is 7.00. The smallest absolute Gasteiger partial charge is 0.127 e. The lowest BCUT2D eigenvalue weighted by Gasteiger charge is -2.21. The molecule has 4 nitrogen and oxygen atoms in total. The Hall–Kier alpha value is -1.47. The zero-order valence-corrected chi connectivity index (χ0v) is 9.45. The van der Waals surface area contributed by atoms with Crippen molar-refractivity contribution in [2.45, 2.75) is 32.4 Å². The Morgan fingerprint density at radius 3 is 2.87 bits per heavy atom. The van der Waals surface area contributed by atoms with Gasteiger partial charge in [0.1, 0.15) is 5.82 Å². The molecule has 0 saturated heterocycles. The number of methoxy groups -OCH3 is 1. The number of rotatable bonds is 4. The molecule has 4 heteroatoms. The highest BCUT2D eigenvalue weighted by molar-refractivity contribution is 5.37. The van der Waals surface area contributed by atoms with E-state index in [1.165, 1.54) is 0 Å². The van der Waals surface area contributed by atoms with E-state index in [0.29, 0.717) is 18.8 Å². The van der Waals surface area contributed by atoms with Gasteiger partial charge >= 0.3 is 0 Å². The van der Waals surface area contributed by atoms with Crippen LogP contribution in [-0.2, 0) is 17.7 Å². The highest BCUT2D eigenvalue weighted by atomic mass is 16.5. The summed E-state index contributed by atoms with van der Waals surface area (Å²) in [4.78, 5) is 4.23. The number of ether oxygens (including phenoxy) is 1. The van der Waals surface area contributed by atoms with Gasteiger partial charge in [-0.25, -0.2) is 4.98 Å². The number of aromatic nitrogens is 2. The van der Waals surface area contributed by atoms with Gasteiger partial charge in [0.05, 0.1) is 24.2 Å². The second-order valence-corrected chi connectivity index (χ2v) is 4.05. The van der Waals surface area contributed by atoms with E-state index in [4.69, 9.17) is 16.9 Å². The Balaban J connectivity index is 2.84. The standard InChI is InChI=1S/C11H17N3O/c1-5-6-14-8-13-9(10(14)12)7-11(2,3)15-4/h1,8H,6-7,12H2,2-4H3. The number of imidazole rings is 1. The topological polar surface area (TPSA) is 53.1 Å². The molecule has 0 saturated carbocycles. The summed E-state index contributed by atoms with van der Waals surface area (Å²) in [5.41, 5.74) is 6.47. The Labute approximate surface area is 90.4 Å². The van der Waals surface area contributed by atoms with E-state index >= 15 is 0 Å². The van der Waals surface area contributed by atoms with Gasteiger partial charge in [-0.15, -0.1) is 6.42 Å². The number of nitrogens with two attached hydrogens (primary N) is 1. The number of anilines is 1. The van der Waals surface area contributed by atoms with Crippen molar-refractivity contribution < 1.29 is 4.74 Å². The molecule has 0 aromatic carbocycles. The molecule has 0 fully saturated rings. The van der Waals surface area contributed by atoms with Crippen LogP contribution < -0.4 is 5.73 Å². The van der Waals surface area contributed by atoms with Crippen molar-refractivity contribution in [3.05, 3.63) is 12.0 Å². The summed E-state index contributed by atoms with van der Waals surface area (Å²) >= 11 is 0. The van der Waals surface area contributed by atoms with E-state index < -0.39 is 0 Å². The van der Waals surface area contributed by atoms with E-state index in [1.54, 1.807) is 18.0 Å². The van der Waals surface area contributed by atoms with Crippen LogP contribution in [0, 0.1) is 12.3 Å². The predicted octanol–water partition coefficient (Wildman–Crippen LogP) is 1.07. The minimum absolute atomic E-state index is 0.260. The van der Waals surface area contributed by atoms with Gasteiger partial charge in [0, 0.05) is 13.5 Å². The van der Waals surface area contributed by atoms with Crippen LogP contribution in [0.5, 0.6) is 0 Å². The van der Waals surface area contributed by atoms with Crippen molar-refractivity contribution in [3.63, 3.8) is 0 Å². The van der Waals surface area contributed by atoms with Crippen LogP contribution in [0.2, 0.25) is 0 Å². The van der Waals surface area contributed by atoms with Crippen molar-refractivity contribution in [2.24, 2.45) is 0 Å². The second-order valence-electron chi connectivity index (χ2n) is 4.05. The first kappa shape index (κ1) is 11.6. The molecule has 1 rings (SSSR count). The fourth-order valence-corrected chi connectivity index (χ4v) is 1.27. The molecule has 1 aromatic heterocycles. The Morgan fingerprint density at radius 1 is 1.67 bits per heavy atom. The van der Waals surface area contributed by atoms with Gasteiger partial charge in [-0.3, -0.25) is 0 Å². The lowest BCUT2D eigenvalue weighted by atomic mass is 10.0. The third kappa shape index (κ3) is 2.74. The summed E-state index contributed by atoms with van der Waals surface area (Å²) in [5, 5.41) is 0. The molecule has 0 aliphatic rings. The maximum Gasteiger partial charge on any atom is 0.127 e. The molecule has 82 valence electrons. The first-order valence-corrected chi connectivity index (χ1v) is 4.78. The third-order valence-corrected chi connectivity index (χ3v) is 2.37. The summed E-state index contributed by atoms with van der Waals surface area (Å²) < 4.78 is 7.07. The minimum Gasteiger partial charge on any atom is -0.384 e. The molecular weight excluding hydrogens is 190 g/mol. The van der Waals surface area contributed by atoms with Gasteiger partial charge in [-0.05, 0) is 13.8 Å². The SMILES string of the molecule is C#CCn1cnc(CC(C)(C)OC)c1N. The van der Waals surface area contributed by atoms with Crippen LogP contribution in [0.1, 0.15) is 19.5 Å². The number of nitrogens with zero attached hydrogens (tertiary/aromatic N) is 2. The Morgan fingerprint density at radius 2 is 2.33 bits per heavy atom. The first-order valence-electron chi connectivity index (χ1n) is 4.78. The summed E-state index contributed by atoms with van der Waals surface area (Å²) in [5.74, 6) is 3.15. The second kappa shape index (κ2) is 4.37. The molecule has 15 heavy (non-hydrogen) atoms. The molecule has 0 spiro atoms. The fourth-order valence-electron chi connectivity index (χ4n) is 1.27. The average Bonchev–Trinajstić information content (AvgIpc) is 2.50. The lowest BCUT2D eigenvalue weighted by Crippen LogP contribution is -2.26. The van der Waals surface area contributed by atoms with E-state index in [9.17, 15) is 0 Å². The quantitative estimate of drug-likeness (QED) is 0.751. The van der Waals surface area contributed by atoms with E-state index in [2.05, 4.69) is 10.9 Å². The molecule has 0 bridgehead atoms. The van der Waals surface area contributed by atoms with Crippen molar-refractivity contribution in [1.29, 1.82) is 0 Å². The summed E-state index contributed by atoms with van der Waals surface area (Å²) in [6.07, 6.45) is 7.55. The summed E-state index contributed by atoms with van der Waals surface area (Å²) in [6.45, 7) is 4.44. The van der Waals surface area contributed by atoms with Crippen LogP contribution in [0.25, 0.3) is 0 Å². The molecule has 1 heterocycles. The largest absolute Gasteiger partial charge is 0.384 e. The minimum atomic E-state index is -0.260. The van der Waals surface area contributed by atoms with Crippen LogP contribution in [0.3, 0.4) is 0 Å². The van der Waals surface area contributed by atoms with E-state index in [1.807, 2.05) is 13.8 Å². The van der Waals surface area contributed by atoms with Gasteiger partial charge in [0.2, 0.25) is 0 Å². The number of hydrogen-bond donors (Lipinski definition) is 1. The lowest BCUT2D eigenvalue weighted by molar-refractivity contribution is 0.0226. The number of hydrogen-bond acceptors (Lipinski definition) is 3. The maximum atomic E-state index is 5.90. The Kier molecular flexibility index (Phi) is 3.38. The fraction of sp³-hybridized carbons (Fsp3) is 0.545. The predicted molar refractivity (Wildman–Crippen MR) is 60.3 cm³/mol.